The van der Waals surface area contributed by atoms with Gasteiger partial charge in [0, 0.05) is 12.6 Å². The van der Waals surface area contributed by atoms with Gasteiger partial charge in [-0.2, -0.15) is 4.98 Å². The van der Waals surface area contributed by atoms with Gasteiger partial charge in [-0.3, -0.25) is 10.00 Å². The van der Waals surface area contributed by atoms with E-state index in [-0.39, 0.29) is 17.5 Å². The number of H-pyrrole nitrogens is 1. The molecule has 1 fully saturated rings. The van der Waals surface area contributed by atoms with Crippen molar-refractivity contribution >= 4 is 34.2 Å². The third-order valence-corrected chi connectivity index (χ3v) is 6.84. The number of sulfone groups is 1. The Balaban J connectivity index is 1.73. The molecule has 0 spiro atoms. The zero-order valence-electron chi connectivity index (χ0n) is 15.5. The van der Waals surface area contributed by atoms with E-state index in [0.29, 0.717) is 23.7 Å². The van der Waals surface area contributed by atoms with E-state index >= 15 is 0 Å². The molecule has 1 unspecified atom stereocenters. The minimum Gasteiger partial charge on any atom is -0.280 e. The van der Waals surface area contributed by atoms with Gasteiger partial charge in [0.15, 0.2) is 9.84 Å². The number of hydrogen-bond acceptors (Lipinski definition) is 5. The van der Waals surface area contributed by atoms with Crippen molar-refractivity contribution in [2.75, 3.05) is 18.1 Å². The standard InChI is InChI=1S/C19H26N4O2S2/c1-2-3-12-22(17-11-13-27(24,25)14-17)15-23-19(26)20-18(21-23)10-9-16-7-5-4-6-8-16/h4-10,17H,2-3,11-15H2,1H3,(H,20,21,26)/b10-9+. The van der Waals surface area contributed by atoms with E-state index in [4.69, 9.17) is 12.2 Å². The van der Waals surface area contributed by atoms with Gasteiger partial charge in [-0.15, -0.1) is 0 Å². The van der Waals surface area contributed by atoms with Gasteiger partial charge in [0.1, 0.15) is 5.82 Å². The van der Waals surface area contributed by atoms with Crippen LogP contribution in [0, 0.1) is 4.77 Å². The molecule has 0 amide bonds. The summed E-state index contributed by atoms with van der Waals surface area (Å²) >= 11 is 5.40. The van der Waals surface area contributed by atoms with Gasteiger partial charge in [-0.1, -0.05) is 49.8 Å². The molecule has 1 saturated heterocycles. The van der Waals surface area contributed by atoms with Gasteiger partial charge in [0.05, 0.1) is 18.2 Å². The zero-order valence-corrected chi connectivity index (χ0v) is 17.2. The van der Waals surface area contributed by atoms with Crippen molar-refractivity contribution in [2.45, 2.75) is 38.9 Å². The lowest BCUT2D eigenvalue weighted by Crippen LogP contribution is -2.38. The van der Waals surface area contributed by atoms with Crippen LogP contribution in [0.2, 0.25) is 0 Å². The molecule has 27 heavy (non-hydrogen) atoms. The predicted octanol–water partition coefficient (Wildman–Crippen LogP) is 3.36. The summed E-state index contributed by atoms with van der Waals surface area (Å²) in [6.45, 7) is 3.52. The van der Waals surface area contributed by atoms with Crippen molar-refractivity contribution < 1.29 is 8.42 Å². The first-order valence-corrected chi connectivity index (χ1v) is 11.5. The van der Waals surface area contributed by atoms with E-state index in [1.165, 1.54) is 0 Å². The van der Waals surface area contributed by atoms with E-state index in [0.717, 1.165) is 24.9 Å². The molecule has 2 heterocycles. The second kappa shape index (κ2) is 8.95. The molecule has 0 radical (unpaired) electrons. The summed E-state index contributed by atoms with van der Waals surface area (Å²) in [5, 5.41) is 3.23. The number of nitrogens with zero attached hydrogens (tertiary/aromatic N) is 3. The Morgan fingerprint density at radius 2 is 2.11 bits per heavy atom. The van der Waals surface area contributed by atoms with Gasteiger partial charge < -0.3 is 0 Å². The van der Waals surface area contributed by atoms with Crippen molar-refractivity contribution in [1.29, 1.82) is 0 Å². The van der Waals surface area contributed by atoms with Gasteiger partial charge in [-0.25, -0.2) is 13.1 Å². The van der Waals surface area contributed by atoms with E-state index in [1.807, 2.05) is 47.2 Å². The molecule has 3 rings (SSSR count). The average molecular weight is 407 g/mol. The van der Waals surface area contributed by atoms with Crippen molar-refractivity contribution in [3.63, 3.8) is 0 Å². The molecule has 6 nitrogen and oxygen atoms in total. The fraction of sp³-hybridized carbons (Fsp3) is 0.474. The Morgan fingerprint density at radius 1 is 1.33 bits per heavy atom. The summed E-state index contributed by atoms with van der Waals surface area (Å²) in [7, 11) is -2.92. The van der Waals surface area contributed by atoms with Crippen molar-refractivity contribution in [1.82, 2.24) is 19.7 Å². The van der Waals surface area contributed by atoms with Crippen LogP contribution in [0.25, 0.3) is 12.2 Å². The highest BCUT2D eigenvalue weighted by Crippen LogP contribution is 2.19. The van der Waals surface area contributed by atoms with Crippen LogP contribution in [0.5, 0.6) is 0 Å². The van der Waals surface area contributed by atoms with Crippen LogP contribution in [-0.2, 0) is 16.5 Å². The van der Waals surface area contributed by atoms with Crippen molar-refractivity contribution in [3.8, 4) is 0 Å². The summed E-state index contributed by atoms with van der Waals surface area (Å²) in [5.74, 6) is 1.21. The second-order valence-corrected chi connectivity index (χ2v) is 9.52. The van der Waals surface area contributed by atoms with E-state index in [2.05, 4.69) is 21.9 Å². The molecule has 0 bridgehead atoms. The number of aromatic amines is 1. The van der Waals surface area contributed by atoms with Gasteiger partial charge in [-0.05, 0) is 36.7 Å². The molecule has 2 aromatic rings. The van der Waals surface area contributed by atoms with E-state index in [9.17, 15) is 8.42 Å². The first-order chi connectivity index (χ1) is 13.0. The highest BCUT2D eigenvalue weighted by atomic mass is 32.2. The van der Waals surface area contributed by atoms with Crippen LogP contribution in [0.1, 0.15) is 37.6 Å². The Hall–Kier alpha value is -1.77. The number of rotatable bonds is 8. The second-order valence-electron chi connectivity index (χ2n) is 6.93. The minimum absolute atomic E-state index is 0.0510. The molecule has 1 N–H and O–H groups in total. The monoisotopic (exact) mass is 406 g/mol. The topological polar surface area (TPSA) is 71.0 Å². The SMILES string of the molecule is CCCCN(Cn1[nH]c(/C=C/c2ccccc2)nc1=S)C1CCS(=O)(=O)C1. The first-order valence-electron chi connectivity index (χ1n) is 9.31. The van der Waals surface area contributed by atoms with E-state index < -0.39 is 9.84 Å². The predicted molar refractivity (Wildman–Crippen MR) is 111 cm³/mol. The quantitative estimate of drug-likeness (QED) is 0.681. The number of hydrogen-bond donors (Lipinski definition) is 1. The van der Waals surface area contributed by atoms with Crippen LogP contribution in [-0.4, -0.2) is 52.2 Å². The Morgan fingerprint density at radius 3 is 2.78 bits per heavy atom. The maximum absolute atomic E-state index is 11.9. The molecule has 1 aliphatic rings. The molecule has 1 atom stereocenters. The number of benzene rings is 1. The molecule has 0 saturated carbocycles. The Kier molecular flexibility index (Phi) is 6.62. The maximum Gasteiger partial charge on any atom is 0.217 e. The maximum atomic E-state index is 11.9. The Bertz CT molecular complexity index is 932. The fourth-order valence-corrected chi connectivity index (χ4v) is 5.22. The molecule has 1 aromatic heterocycles. The normalized spacial score (nSPS) is 19.3. The fourth-order valence-electron chi connectivity index (χ4n) is 3.26. The molecule has 146 valence electrons. The van der Waals surface area contributed by atoms with Gasteiger partial charge in [0.2, 0.25) is 4.77 Å². The molecular formula is C19H26N4O2S2. The summed E-state index contributed by atoms with van der Waals surface area (Å²) in [5.41, 5.74) is 1.09. The highest BCUT2D eigenvalue weighted by molar-refractivity contribution is 7.91. The summed E-state index contributed by atoms with van der Waals surface area (Å²) in [6, 6.07) is 10.1. The summed E-state index contributed by atoms with van der Waals surface area (Å²) in [4.78, 5) is 6.62. The molecular weight excluding hydrogens is 380 g/mol. The molecule has 8 heteroatoms. The lowest BCUT2D eigenvalue weighted by atomic mass is 10.2. The first kappa shape index (κ1) is 20.0. The van der Waals surface area contributed by atoms with Crippen molar-refractivity contribution in [3.05, 3.63) is 46.5 Å². The average Bonchev–Trinajstić information content (AvgIpc) is 3.19. The van der Waals surface area contributed by atoms with Crippen LogP contribution in [0.4, 0.5) is 0 Å². The third kappa shape index (κ3) is 5.60. The number of unbranched alkanes of at least 4 members (excludes halogenated alkanes) is 1. The van der Waals surface area contributed by atoms with Crippen molar-refractivity contribution in [2.24, 2.45) is 0 Å². The highest BCUT2D eigenvalue weighted by Gasteiger charge is 2.32. The lowest BCUT2D eigenvalue weighted by Gasteiger charge is -2.27. The van der Waals surface area contributed by atoms with Gasteiger partial charge in [0.25, 0.3) is 0 Å². The Labute approximate surface area is 165 Å². The molecule has 1 aromatic carbocycles. The zero-order chi connectivity index (χ0) is 19.3. The summed E-state index contributed by atoms with van der Waals surface area (Å²) in [6.07, 6.45) is 6.66. The summed E-state index contributed by atoms with van der Waals surface area (Å²) < 4.78 is 26.1. The molecule has 0 aliphatic carbocycles. The van der Waals surface area contributed by atoms with Gasteiger partial charge >= 0.3 is 0 Å². The smallest absolute Gasteiger partial charge is 0.217 e. The van der Waals surface area contributed by atoms with Crippen LogP contribution in [0.3, 0.4) is 0 Å². The third-order valence-electron chi connectivity index (χ3n) is 4.78. The van der Waals surface area contributed by atoms with Crippen LogP contribution in [0.15, 0.2) is 30.3 Å². The lowest BCUT2D eigenvalue weighted by molar-refractivity contribution is 0.152. The number of aromatic nitrogens is 3. The van der Waals surface area contributed by atoms with Crippen LogP contribution >= 0.6 is 12.2 Å². The molecule has 1 aliphatic heterocycles. The minimum atomic E-state index is -2.92. The van der Waals surface area contributed by atoms with Crippen LogP contribution < -0.4 is 0 Å². The largest absolute Gasteiger partial charge is 0.280 e. The van der Waals surface area contributed by atoms with E-state index in [1.54, 1.807) is 0 Å². The number of nitrogens with one attached hydrogen (secondary N) is 1.